The Balaban J connectivity index is 1.53. The monoisotopic (exact) mass is 360 g/mol. The summed E-state index contributed by atoms with van der Waals surface area (Å²) < 4.78 is 0. The van der Waals surface area contributed by atoms with Gasteiger partial charge in [0.15, 0.2) is 0 Å². The first-order chi connectivity index (χ1) is 13.3. The highest BCUT2D eigenvalue weighted by molar-refractivity contribution is 5.60. The van der Waals surface area contributed by atoms with E-state index in [2.05, 4.69) is 62.6 Å². The highest BCUT2D eigenvalue weighted by Gasteiger charge is 2.19. The van der Waals surface area contributed by atoms with Gasteiger partial charge in [0.1, 0.15) is 5.82 Å². The van der Waals surface area contributed by atoms with Gasteiger partial charge < -0.3 is 15.3 Å². The molecule has 1 atom stereocenters. The topological polar surface area (TPSA) is 61.3 Å². The second kappa shape index (κ2) is 8.18. The first-order valence-electron chi connectivity index (χ1n) is 9.43. The number of hydrogen-bond acceptors (Lipinski definition) is 5. The van der Waals surface area contributed by atoms with Gasteiger partial charge in [-0.3, -0.25) is 0 Å². The van der Waals surface area contributed by atoms with Crippen LogP contribution in [0.15, 0.2) is 66.9 Å². The van der Waals surface area contributed by atoms with E-state index in [0.717, 1.165) is 37.3 Å². The number of hydrogen-bond donors (Lipinski definition) is 2. The van der Waals surface area contributed by atoms with Gasteiger partial charge in [0.05, 0.1) is 6.10 Å². The van der Waals surface area contributed by atoms with Gasteiger partial charge in [-0.1, -0.05) is 48.5 Å². The van der Waals surface area contributed by atoms with Crippen LogP contribution in [0, 0.1) is 0 Å². The van der Waals surface area contributed by atoms with Gasteiger partial charge in [0.25, 0.3) is 0 Å². The molecule has 0 saturated carbocycles. The van der Waals surface area contributed by atoms with Crippen molar-refractivity contribution in [3.8, 4) is 0 Å². The Labute approximate surface area is 159 Å². The zero-order chi connectivity index (χ0) is 18.5. The first-order valence-corrected chi connectivity index (χ1v) is 9.43. The molecule has 0 bridgehead atoms. The van der Waals surface area contributed by atoms with Gasteiger partial charge in [-0.2, -0.15) is 4.98 Å². The van der Waals surface area contributed by atoms with Gasteiger partial charge in [0, 0.05) is 25.0 Å². The predicted octanol–water partition coefficient (Wildman–Crippen LogP) is 3.77. The molecule has 3 aromatic rings. The molecular weight excluding hydrogens is 336 g/mol. The third-order valence-corrected chi connectivity index (χ3v) is 4.86. The third-order valence-electron chi connectivity index (χ3n) is 4.86. The summed E-state index contributed by atoms with van der Waals surface area (Å²) in [4.78, 5) is 11.2. The van der Waals surface area contributed by atoms with Crippen LogP contribution < -0.4 is 10.2 Å². The Hall–Kier alpha value is -2.92. The summed E-state index contributed by atoms with van der Waals surface area (Å²) in [7, 11) is 0. The lowest BCUT2D eigenvalue weighted by molar-refractivity contribution is 0.154. The lowest BCUT2D eigenvalue weighted by atomic mass is 10.0. The van der Waals surface area contributed by atoms with Crippen molar-refractivity contribution in [3.05, 3.63) is 78.0 Å². The summed E-state index contributed by atoms with van der Waals surface area (Å²) in [5, 5.41) is 13.3. The Kier molecular flexibility index (Phi) is 5.30. The summed E-state index contributed by atoms with van der Waals surface area (Å²) in [6.45, 7) is 1.54. The lowest BCUT2D eigenvalue weighted by Crippen LogP contribution is -2.38. The van der Waals surface area contributed by atoms with Crippen LogP contribution in [-0.2, 0) is 6.42 Å². The summed E-state index contributed by atoms with van der Waals surface area (Å²) in [6, 6.07) is 20.6. The minimum atomic E-state index is -0.281. The molecule has 0 amide bonds. The van der Waals surface area contributed by atoms with Crippen LogP contribution in [0.5, 0.6) is 0 Å². The number of para-hydroxylation sites is 1. The zero-order valence-electron chi connectivity index (χ0n) is 15.3. The van der Waals surface area contributed by atoms with E-state index < -0.39 is 0 Å². The molecule has 4 rings (SSSR count). The molecule has 1 unspecified atom stereocenters. The van der Waals surface area contributed by atoms with Gasteiger partial charge in [-0.25, -0.2) is 4.98 Å². The molecular formula is C22H24N4O. The van der Waals surface area contributed by atoms with Crippen LogP contribution in [0.4, 0.5) is 17.5 Å². The number of nitrogens with zero attached hydrogens (tertiary/aromatic N) is 3. The summed E-state index contributed by atoms with van der Waals surface area (Å²) >= 11 is 0. The molecule has 2 heterocycles. The van der Waals surface area contributed by atoms with E-state index in [1.54, 1.807) is 6.20 Å². The Morgan fingerprint density at radius 2 is 1.85 bits per heavy atom. The van der Waals surface area contributed by atoms with E-state index in [1.165, 1.54) is 11.1 Å². The summed E-state index contributed by atoms with van der Waals surface area (Å²) in [6.07, 6.45) is 4.18. The molecule has 0 aliphatic carbocycles. The van der Waals surface area contributed by atoms with Gasteiger partial charge >= 0.3 is 0 Å². The fourth-order valence-electron chi connectivity index (χ4n) is 3.48. The number of aromatic nitrogens is 2. The van der Waals surface area contributed by atoms with Crippen LogP contribution in [0.3, 0.4) is 0 Å². The van der Waals surface area contributed by atoms with E-state index in [9.17, 15) is 5.11 Å². The molecule has 27 heavy (non-hydrogen) atoms. The molecule has 2 aromatic carbocycles. The van der Waals surface area contributed by atoms with Crippen molar-refractivity contribution in [1.82, 2.24) is 9.97 Å². The van der Waals surface area contributed by atoms with E-state index in [4.69, 9.17) is 0 Å². The SMILES string of the molecule is OC1CCCN(c2ccnc(Nc3ccccc3Cc3ccccc3)n2)C1. The van der Waals surface area contributed by atoms with Crippen molar-refractivity contribution < 1.29 is 5.11 Å². The maximum absolute atomic E-state index is 9.92. The fourth-order valence-corrected chi connectivity index (χ4v) is 3.48. The maximum atomic E-state index is 9.92. The molecule has 0 radical (unpaired) electrons. The number of benzene rings is 2. The van der Waals surface area contributed by atoms with Gasteiger partial charge in [-0.15, -0.1) is 0 Å². The highest BCUT2D eigenvalue weighted by atomic mass is 16.3. The largest absolute Gasteiger partial charge is 0.391 e. The number of nitrogens with one attached hydrogen (secondary N) is 1. The minimum Gasteiger partial charge on any atom is -0.391 e. The Bertz CT molecular complexity index is 884. The second-order valence-corrected chi connectivity index (χ2v) is 6.93. The highest BCUT2D eigenvalue weighted by Crippen LogP contribution is 2.23. The van der Waals surface area contributed by atoms with Crippen molar-refractivity contribution in [2.24, 2.45) is 0 Å². The van der Waals surface area contributed by atoms with Crippen molar-refractivity contribution in [2.45, 2.75) is 25.4 Å². The number of aliphatic hydroxyl groups is 1. The molecule has 5 nitrogen and oxygen atoms in total. The van der Waals surface area contributed by atoms with Crippen LogP contribution in [0.25, 0.3) is 0 Å². The van der Waals surface area contributed by atoms with Crippen molar-refractivity contribution in [1.29, 1.82) is 0 Å². The van der Waals surface area contributed by atoms with Gasteiger partial charge in [0.2, 0.25) is 5.95 Å². The van der Waals surface area contributed by atoms with E-state index >= 15 is 0 Å². The number of β-amino-alcohol motifs (C(OH)–C–C–N with tert-alkyl or cyclic N) is 1. The number of anilines is 3. The summed E-state index contributed by atoms with van der Waals surface area (Å²) in [5.74, 6) is 1.43. The average molecular weight is 360 g/mol. The predicted molar refractivity (Wildman–Crippen MR) is 108 cm³/mol. The Morgan fingerprint density at radius 3 is 2.70 bits per heavy atom. The molecule has 1 saturated heterocycles. The molecule has 0 spiro atoms. The molecule has 1 aliphatic heterocycles. The molecule has 2 N–H and O–H groups in total. The van der Waals surface area contributed by atoms with E-state index in [0.29, 0.717) is 12.5 Å². The summed E-state index contributed by atoms with van der Waals surface area (Å²) in [5.41, 5.74) is 3.48. The quantitative estimate of drug-likeness (QED) is 0.725. The smallest absolute Gasteiger partial charge is 0.229 e. The lowest BCUT2D eigenvalue weighted by Gasteiger charge is -2.31. The van der Waals surface area contributed by atoms with E-state index in [-0.39, 0.29) is 6.10 Å². The zero-order valence-corrected chi connectivity index (χ0v) is 15.3. The average Bonchev–Trinajstić information content (AvgIpc) is 2.71. The number of rotatable bonds is 5. The van der Waals surface area contributed by atoms with Crippen LogP contribution >= 0.6 is 0 Å². The molecule has 1 aliphatic rings. The van der Waals surface area contributed by atoms with E-state index in [1.807, 2.05) is 18.2 Å². The minimum absolute atomic E-state index is 0.281. The molecule has 5 heteroatoms. The van der Waals surface area contributed by atoms with Gasteiger partial charge in [-0.05, 0) is 42.5 Å². The maximum Gasteiger partial charge on any atom is 0.229 e. The second-order valence-electron chi connectivity index (χ2n) is 6.93. The number of piperidine rings is 1. The molecule has 1 fully saturated rings. The van der Waals surface area contributed by atoms with Crippen LogP contribution in [-0.4, -0.2) is 34.3 Å². The number of aliphatic hydroxyl groups excluding tert-OH is 1. The molecule has 138 valence electrons. The normalized spacial score (nSPS) is 16.9. The van der Waals surface area contributed by atoms with Crippen molar-refractivity contribution >= 4 is 17.5 Å². The van der Waals surface area contributed by atoms with Crippen LogP contribution in [0.2, 0.25) is 0 Å². The molecule has 1 aromatic heterocycles. The standard InChI is InChI=1S/C22H24N4O/c27-19-10-6-14-26(16-19)21-12-13-23-22(25-21)24-20-11-5-4-9-18(20)15-17-7-2-1-3-8-17/h1-5,7-9,11-13,19,27H,6,10,14-16H2,(H,23,24,25). The van der Waals surface area contributed by atoms with Crippen molar-refractivity contribution in [3.63, 3.8) is 0 Å². The third kappa shape index (κ3) is 4.44. The first kappa shape index (κ1) is 17.5. The Morgan fingerprint density at radius 1 is 1.04 bits per heavy atom. The van der Waals surface area contributed by atoms with Crippen molar-refractivity contribution in [2.75, 3.05) is 23.3 Å². The fraction of sp³-hybridized carbons (Fsp3) is 0.273. The van der Waals surface area contributed by atoms with Crippen LogP contribution in [0.1, 0.15) is 24.0 Å².